The van der Waals surface area contributed by atoms with Crippen LogP contribution >= 0.6 is 15.9 Å². The summed E-state index contributed by atoms with van der Waals surface area (Å²) in [5, 5.41) is 0. The van der Waals surface area contributed by atoms with Gasteiger partial charge in [-0.25, -0.2) is 0 Å². The van der Waals surface area contributed by atoms with Gasteiger partial charge in [-0.3, -0.25) is 14.4 Å². The maximum Gasteiger partial charge on any atom is 0.328 e. The number of esters is 1. The van der Waals surface area contributed by atoms with Crippen molar-refractivity contribution in [3.63, 3.8) is 0 Å². The van der Waals surface area contributed by atoms with E-state index in [0.29, 0.717) is 43.2 Å². The number of hydrogen-bond donors (Lipinski definition) is 0. The lowest BCUT2D eigenvalue weighted by Crippen LogP contribution is -2.50. The minimum atomic E-state index is -1.56. The van der Waals surface area contributed by atoms with Crippen LogP contribution in [0.4, 0.5) is 0 Å². The Morgan fingerprint density at radius 1 is 1.10 bits per heavy atom. The van der Waals surface area contributed by atoms with Crippen molar-refractivity contribution in [1.29, 1.82) is 0 Å². The highest BCUT2D eigenvalue weighted by Crippen LogP contribution is 2.78. The number of ketones is 1. The van der Waals surface area contributed by atoms with E-state index >= 15 is 0 Å². The summed E-state index contributed by atoms with van der Waals surface area (Å²) in [4.78, 5) is 42.5. The zero-order chi connectivity index (χ0) is 21.1. The molecule has 0 unspecified atom stereocenters. The third kappa shape index (κ3) is 2.42. The number of morpholine rings is 1. The van der Waals surface area contributed by atoms with Gasteiger partial charge in [0.2, 0.25) is 5.91 Å². The normalized spacial score (nSPS) is 29.5. The molecule has 0 radical (unpaired) electrons. The molecule has 1 saturated carbocycles. The summed E-state index contributed by atoms with van der Waals surface area (Å²) < 4.78 is 11.8. The molecule has 2 aliphatic heterocycles. The molecule has 0 aromatic heterocycles. The summed E-state index contributed by atoms with van der Waals surface area (Å²) in [6.07, 6.45) is 0. The molecule has 5 rings (SSSR count). The fraction of sp³-hybridized carbons (Fsp3) is 0.348. The number of hydrogen-bond acceptors (Lipinski definition) is 5. The second kappa shape index (κ2) is 6.75. The standard InChI is InChI=1S/C23H20BrNO5/c1-22(19(26)14-5-3-2-4-6-14)18-16-13-15(24)7-8-17(16)30-21(28)23(18,22)20(27)25-9-11-29-12-10-25/h2-8,13,18H,9-12H2,1H3/t18-,22-,23+/m1/s1. The number of halogens is 1. The second-order valence-electron chi connectivity index (χ2n) is 8.11. The molecular formula is C23H20BrNO5. The van der Waals surface area contributed by atoms with E-state index < -0.39 is 22.7 Å². The van der Waals surface area contributed by atoms with Crippen molar-refractivity contribution < 1.29 is 23.9 Å². The number of carbonyl (C=O) groups is 3. The van der Waals surface area contributed by atoms with E-state index in [9.17, 15) is 14.4 Å². The summed E-state index contributed by atoms with van der Waals surface area (Å²) in [6, 6.07) is 14.2. The van der Waals surface area contributed by atoms with E-state index in [-0.39, 0.29) is 11.7 Å². The van der Waals surface area contributed by atoms with Crippen molar-refractivity contribution >= 4 is 33.6 Å². The Morgan fingerprint density at radius 3 is 2.50 bits per heavy atom. The van der Waals surface area contributed by atoms with E-state index in [1.54, 1.807) is 48.2 Å². The van der Waals surface area contributed by atoms with Crippen LogP contribution < -0.4 is 4.74 Å². The molecular weight excluding hydrogens is 450 g/mol. The van der Waals surface area contributed by atoms with Gasteiger partial charge in [0, 0.05) is 34.6 Å². The van der Waals surface area contributed by atoms with E-state index in [1.807, 2.05) is 12.1 Å². The molecule has 30 heavy (non-hydrogen) atoms. The van der Waals surface area contributed by atoms with Crippen LogP contribution in [0.15, 0.2) is 53.0 Å². The van der Waals surface area contributed by atoms with E-state index in [4.69, 9.17) is 9.47 Å². The first-order chi connectivity index (χ1) is 14.4. The molecule has 3 atom stereocenters. The van der Waals surface area contributed by atoms with Crippen LogP contribution in [0.2, 0.25) is 0 Å². The van der Waals surface area contributed by atoms with Crippen molar-refractivity contribution in [2.45, 2.75) is 12.8 Å². The highest BCUT2D eigenvalue weighted by Gasteiger charge is 2.88. The van der Waals surface area contributed by atoms with Gasteiger partial charge in [-0.05, 0) is 25.1 Å². The third-order valence-corrected chi connectivity index (χ3v) is 7.19. The SMILES string of the molecule is C[C@]1(C(=O)c2ccccc2)[C@H]2c3cc(Br)ccc3OC(=O)[C@@]21C(=O)N1CCOCC1. The van der Waals surface area contributed by atoms with Gasteiger partial charge >= 0.3 is 5.97 Å². The molecule has 6 nitrogen and oxygen atoms in total. The number of Topliss-reactive ketones (excluding diaryl/α,β-unsaturated/α-hetero) is 1. The molecule has 2 heterocycles. The lowest BCUT2D eigenvalue weighted by atomic mass is 9.86. The molecule has 3 aliphatic rings. The average molecular weight is 470 g/mol. The molecule has 1 amide bonds. The molecule has 0 bridgehead atoms. The van der Waals surface area contributed by atoms with Crippen LogP contribution in [0, 0.1) is 10.8 Å². The lowest BCUT2D eigenvalue weighted by molar-refractivity contribution is -0.156. The third-order valence-electron chi connectivity index (χ3n) is 6.70. The smallest absolute Gasteiger partial charge is 0.328 e. The summed E-state index contributed by atoms with van der Waals surface area (Å²) in [7, 11) is 0. The highest BCUT2D eigenvalue weighted by atomic mass is 79.9. The fourth-order valence-electron chi connectivity index (χ4n) is 5.16. The molecule has 0 N–H and O–H groups in total. The second-order valence-corrected chi connectivity index (χ2v) is 9.03. The van der Waals surface area contributed by atoms with Crippen molar-refractivity contribution in [2.24, 2.45) is 10.8 Å². The van der Waals surface area contributed by atoms with Crippen LogP contribution in [0.25, 0.3) is 0 Å². The predicted molar refractivity (Wildman–Crippen MR) is 111 cm³/mol. The molecule has 1 aliphatic carbocycles. The van der Waals surface area contributed by atoms with Gasteiger partial charge in [-0.2, -0.15) is 0 Å². The Morgan fingerprint density at radius 2 is 1.80 bits per heavy atom. The Labute approximate surface area is 182 Å². The van der Waals surface area contributed by atoms with Crippen LogP contribution in [-0.4, -0.2) is 48.9 Å². The van der Waals surface area contributed by atoms with Crippen molar-refractivity contribution in [1.82, 2.24) is 4.90 Å². The molecule has 2 fully saturated rings. The number of rotatable bonds is 3. The van der Waals surface area contributed by atoms with Gasteiger partial charge in [0.25, 0.3) is 0 Å². The highest BCUT2D eigenvalue weighted by molar-refractivity contribution is 9.10. The molecule has 154 valence electrons. The minimum absolute atomic E-state index is 0.223. The number of nitrogens with zero attached hydrogens (tertiary/aromatic N) is 1. The quantitative estimate of drug-likeness (QED) is 0.298. The summed E-state index contributed by atoms with van der Waals surface area (Å²) in [5.41, 5.74) is -1.61. The van der Waals surface area contributed by atoms with Crippen molar-refractivity contribution in [3.05, 3.63) is 64.1 Å². The zero-order valence-electron chi connectivity index (χ0n) is 16.4. The Balaban J connectivity index is 1.68. The Bertz CT molecular complexity index is 1060. The van der Waals surface area contributed by atoms with Crippen LogP contribution in [0.3, 0.4) is 0 Å². The minimum Gasteiger partial charge on any atom is -0.425 e. The molecule has 0 spiro atoms. The molecule has 7 heteroatoms. The topological polar surface area (TPSA) is 72.9 Å². The van der Waals surface area contributed by atoms with E-state index in [2.05, 4.69) is 15.9 Å². The largest absolute Gasteiger partial charge is 0.425 e. The summed E-state index contributed by atoms with van der Waals surface area (Å²) in [5.74, 6) is -1.40. The summed E-state index contributed by atoms with van der Waals surface area (Å²) in [6.45, 7) is 3.33. The summed E-state index contributed by atoms with van der Waals surface area (Å²) >= 11 is 3.47. The average Bonchev–Trinajstić information content (AvgIpc) is 3.37. The number of benzene rings is 2. The first-order valence-electron chi connectivity index (χ1n) is 9.91. The van der Waals surface area contributed by atoms with Crippen LogP contribution in [0.1, 0.15) is 28.8 Å². The Kier molecular flexibility index (Phi) is 4.38. The predicted octanol–water partition coefficient (Wildman–Crippen LogP) is 3.20. The molecule has 2 aromatic carbocycles. The van der Waals surface area contributed by atoms with Gasteiger partial charge in [-0.1, -0.05) is 46.3 Å². The first-order valence-corrected chi connectivity index (χ1v) is 10.7. The number of carbonyl (C=O) groups excluding carboxylic acids is 3. The Hall–Kier alpha value is -2.51. The zero-order valence-corrected chi connectivity index (χ0v) is 18.0. The molecule has 2 aromatic rings. The van der Waals surface area contributed by atoms with Gasteiger partial charge < -0.3 is 14.4 Å². The van der Waals surface area contributed by atoms with Crippen molar-refractivity contribution in [2.75, 3.05) is 26.3 Å². The number of fused-ring (bicyclic) bond motifs is 3. The van der Waals surface area contributed by atoms with E-state index in [0.717, 1.165) is 4.47 Å². The van der Waals surface area contributed by atoms with Gasteiger partial charge in [-0.15, -0.1) is 0 Å². The molecule has 1 saturated heterocycles. The first kappa shape index (κ1) is 19.5. The number of ether oxygens (including phenoxy) is 2. The monoisotopic (exact) mass is 469 g/mol. The van der Waals surface area contributed by atoms with E-state index in [1.165, 1.54) is 0 Å². The maximum absolute atomic E-state index is 13.8. The van der Waals surface area contributed by atoms with Crippen LogP contribution in [0.5, 0.6) is 5.75 Å². The van der Waals surface area contributed by atoms with Crippen LogP contribution in [-0.2, 0) is 14.3 Å². The van der Waals surface area contributed by atoms with Gasteiger partial charge in [0.05, 0.1) is 18.6 Å². The maximum atomic E-state index is 13.8. The van der Waals surface area contributed by atoms with Gasteiger partial charge in [0.15, 0.2) is 11.2 Å². The number of amides is 1. The fourth-order valence-corrected chi connectivity index (χ4v) is 5.54. The lowest BCUT2D eigenvalue weighted by Gasteiger charge is -2.32. The van der Waals surface area contributed by atoms with Crippen molar-refractivity contribution in [3.8, 4) is 5.75 Å². The van der Waals surface area contributed by atoms with Gasteiger partial charge in [0.1, 0.15) is 5.75 Å².